The molecule has 4 rings (SSSR count). The van der Waals surface area contributed by atoms with E-state index >= 15 is 0 Å². The van der Waals surface area contributed by atoms with Crippen LogP contribution in [0, 0.1) is 0 Å². The van der Waals surface area contributed by atoms with Crippen LogP contribution in [0.3, 0.4) is 0 Å². The zero-order chi connectivity index (χ0) is 16.5. The maximum Gasteiger partial charge on any atom is 0.341 e. The van der Waals surface area contributed by atoms with Crippen molar-refractivity contribution in [3.05, 3.63) is 77.9 Å². The van der Waals surface area contributed by atoms with Gasteiger partial charge >= 0.3 is 5.97 Å². The highest BCUT2D eigenvalue weighted by Crippen LogP contribution is 2.21. The Balaban J connectivity index is 1.80. The van der Waals surface area contributed by atoms with E-state index in [-0.39, 0.29) is 5.97 Å². The third-order valence-electron chi connectivity index (χ3n) is 4.09. The Morgan fingerprint density at radius 3 is 2.79 bits per heavy atom. The first-order valence-electron chi connectivity index (χ1n) is 7.63. The SMILES string of the molecule is COC(=O)c1cnn2cccc(Cc3cc4ccccc4cn3)c12. The van der Waals surface area contributed by atoms with Crippen molar-refractivity contribution in [2.45, 2.75) is 6.42 Å². The lowest BCUT2D eigenvalue weighted by molar-refractivity contribution is 0.0603. The predicted octanol–water partition coefficient (Wildman–Crippen LogP) is 3.26. The van der Waals surface area contributed by atoms with Crippen molar-refractivity contribution in [1.29, 1.82) is 0 Å². The van der Waals surface area contributed by atoms with Gasteiger partial charge in [-0.1, -0.05) is 30.3 Å². The Labute approximate surface area is 138 Å². The number of methoxy groups -OCH3 is 1. The van der Waals surface area contributed by atoms with E-state index in [0.717, 1.165) is 27.5 Å². The molecule has 0 N–H and O–H groups in total. The van der Waals surface area contributed by atoms with Crippen molar-refractivity contribution in [3.8, 4) is 0 Å². The first-order valence-corrected chi connectivity index (χ1v) is 7.63. The summed E-state index contributed by atoms with van der Waals surface area (Å²) in [5.41, 5.74) is 3.16. The summed E-state index contributed by atoms with van der Waals surface area (Å²) in [5, 5.41) is 6.49. The molecule has 0 spiro atoms. The third kappa shape index (κ3) is 2.40. The Morgan fingerprint density at radius 2 is 1.96 bits per heavy atom. The van der Waals surface area contributed by atoms with Crippen LogP contribution in [0.1, 0.15) is 21.6 Å². The van der Waals surface area contributed by atoms with Gasteiger partial charge in [-0.3, -0.25) is 4.98 Å². The number of carbonyl (C=O) groups excluding carboxylic acids is 1. The van der Waals surface area contributed by atoms with Crippen molar-refractivity contribution >= 4 is 22.3 Å². The number of hydrogen-bond acceptors (Lipinski definition) is 4. The number of esters is 1. The van der Waals surface area contributed by atoms with Crippen LogP contribution in [0.4, 0.5) is 0 Å². The van der Waals surface area contributed by atoms with E-state index in [0.29, 0.717) is 12.0 Å². The van der Waals surface area contributed by atoms with Crippen molar-refractivity contribution in [2.75, 3.05) is 7.11 Å². The Morgan fingerprint density at radius 1 is 1.12 bits per heavy atom. The molecule has 4 aromatic rings. The monoisotopic (exact) mass is 317 g/mol. The van der Waals surface area contributed by atoms with Crippen LogP contribution in [-0.4, -0.2) is 27.7 Å². The molecule has 5 heteroatoms. The first kappa shape index (κ1) is 14.4. The lowest BCUT2D eigenvalue weighted by Crippen LogP contribution is -2.03. The minimum Gasteiger partial charge on any atom is -0.465 e. The maximum atomic E-state index is 12.0. The van der Waals surface area contributed by atoms with E-state index in [9.17, 15) is 4.79 Å². The molecule has 0 fully saturated rings. The summed E-state index contributed by atoms with van der Waals surface area (Å²) in [5.74, 6) is -0.385. The minimum absolute atomic E-state index is 0.385. The van der Waals surface area contributed by atoms with Gasteiger partial charge in [0.15, 0.2) is 0 Å². The molecular formula is C19H15N3O2. The van der Waals surface area contributed by atoms with E-state index in [4.69, 9.17) is 4.74 Å². The average Bonchev–Trinajstić information content (AvgIpc) is 3.06. The Hall–Kier alpha value is -3.21. The van der Waals surface area contributed by atoms with Gasteiger partial charge in [0.2, 0.25) is 0 Å². The van der Waals surface area contributed by atoms with Crippen LogP contribution < -0.4 is 0 Å². The van der Waals surface area contributed by atoms with Gasteiger partial charge in [-0.05, 0) is 23.1 Å². The fourth-order valence-corrected chi connectivity index (χ4v) is 2.94. The number of benzene rings is 1. The van der Waals surface area contributed by atoms with Gasteiger partial charge in [-0.2, -0.15) is 5.10 Å². The molecule has 0 radical (unpaired) electrons. The zero-order valence-corrected chi connectivity index (χ0v) is 13.1. The second-order valence-corrected chi connectivity index (χ2v) is 5.58. The smallest absolute Gasteiger partial charge is 0.341 e. The van der Waals surface area contributed by atoms with Crippen LogP contribution in [-0.2, 0) is 11.2 Å². The number of pyridine rings is 2. The second kappa shape index (κ2) is 5.77. The van der Waals surface area contributed by atoms with Gasteiger partial charge < -0.3 is 4.74 Å². The van der Waals surface area contributed by atoms with Crippen molar-refractivity contribution in [2.24, 2.45) is 0 Å². The molecule has 0 amide bonds. The molecule has 3 heterocycles. The molecule has 0 aliphatic heterocycles. The number of fused-ring (bicyclic) bond motifs is 2. The third-order valence-corrected chi connectivity index (χ3v) is 4.09. The normalized spacial score (nSPS) is 11.0. The minimum atomic E-state index is -0.385. The number of hydrogen-bond donors (Lipinski definition) is 0. The summed E-state index contributed by atoms with van der Waals surface area (Å²) in [6.07, 6.45) is 5.85. The largest absolute Gasteiger partial charge is 0.465 e. The fourth-order valence-electron chi connectivity index (χ4n) is 2.94. The first-order chi connectivity index (χ1) is 11.8. The van der Waals surface area contributed by atoms with Gasteiger partial charge in [0.05, 0.1) is 18.8 Å². The number of nitrogens with zero attached hydrogens (tertiary/aromatic N) is 3. The van der Waals surface area contributed by atoms with E-state index in [1.54, 1.807) is 10.7 Å². The molecule has 0 saturated carbocycles. The molecule has 0 saturated heterocycles. The number of rotatable bonds is 3. The van der Waals surface area contributed by atoms with Gasteiger partial charge in [0.1, 0.15) is 5.56 Å². The quantitative estimate of drug-likeness (QED) is 0.544. The van der Waals surface area contributed by atoms with Crippen LogP contribution >= 0.6 is 0 Å². The van der Waals surface area contributed by atoms with Crippen LogP contribution in [0.2, 0.25) is 0 Å². The standard InChI is InChI=1S/C19H15N3O2/c1-24-19(23)17-12-21-22-8-4-7-14(18(17)22)10-16-9-13-5-2-3-6-15(13)11-20-16/h2-9,11-12H,10H2,1H3. The molecular weight excluding hydrogens is 302 g/mol. The van der Waals surface area contributed by atoms with E-state index in [1.165, 1.54) is 7.11 Å². The van der Waals surface area contributed by atoms with Crippen LogP contribution in [0.25, 0.3) is 16.3 Å². The van der Waals surface area contributed by atoms with E-state index in [2.05, 4.69) is 22.2 Å². The molecule has 0 aliphatic carbocycles. The zero-order valence-electron chi connectivity index (χ0n) is 13.1. The molecule has 0 atom stereocenters. The van der Waals surface area contributed by atoms with Crippen molar-refractivity contribution in [1.82, 2.24) is 14.6 Å². The topological polar surface area (TPSA) is 56.5 Å². The number of ether oxygens (including phenoxy) is 1. The summed E-state index contributed by atoms with van der Waals surface area (Å²) in [7, 11) is 1.37. The molecule has 0 unspecified atom stereocenters. The highest BCUT2D eigenvalue weighted by atomic mass is 16.5. The van der Waals surface area contributed by atoms with Crippen molar-refractivity contribution in [3.63, 3.8) is 0 Å². The van der Waals surface area contributed by atoms with Gasteiger partial charge in [0, 0.05) is 29.9 Å². The fraction of sp³-hybridized carbons (Fsp3) is 0.105. The van der Waals surface area contributed by atoms with E-state index < -0.39 is 0 Å². The summed E-state index contributed by atoms with van der Waals surface area (Å²) in [6.45, 7) is 0. The van der Waals surface area contributed by atoms with Gasteiger partial charge in [-0.15, -0.1) is 0 Å². The molecule has 0 bridgehead atoms. The van der Waals surface area contributed by atoms with Crippen LogP contribution in [0.15, 0.2) is 61.1 Å². The molecule has 1 aromatic carbocycles. The predicted molar refractivity (Wildman–Crippen MR) is 91.1 cm³/mol. The average molecular weight is 317 g/mol. The summed E-state index contributed by atoms with van der Waals surface area (Å²) in [4.78, 5) is 16.5. The van der Waals surface area contributed by atoms with Crippen molar-refractivity contribution < 1.29 is 9.53 Å². The molecule has 3 aromatic heterocycles. The highest BCUT2D eigenvalue weighted by molar-refractivity contribution is 5.97. The van der Waals surface area contributed by atoms with Gasteiger partial charge in [-0.25, -0.2) is 9.31 Å². The Kier molecular flexibility index (Phi) is 3.46. The van der Waals surface area contributed by atoms with Crippen LogP contribution in [0.5, 0.6) is 0 Å². The number of carbonyl (C=O) groups is 1. The molecule has 24 heavy (non-hydrogen) atoms. The second-order valence-electron chi connectivity index (χ2n) is 5.58. The molecule has 118 valence electrons. The summed E-state index contributed by atoms with van der Waals surface area (Å²) < 4.78 is 6.55. The lowest BCUT2D eigenvalue weighted by Gasteiger charge is -2.07. The molecule has 5 nitrogen and oxygen atoms in total. The lowest BCUT2D eigenvalue weighted by atomic mass is 10.0. The summed E-state index contributed by atoms with van der Waals surface area (Å²) >= 11 is 0. The highest BCUT2D eigenvalue weighted by Gasteiger charge is 2.16. The Bertz CT molecular complexity index is 1050. The van der Waals surface area contributed by atoms with Gasteiger partial charge in [0.25, 0.3) is 0 Å². The maximum absolute atomic E-state index is 12.0. The van der Waals surface area contributed by atoms with E-state index in [1.807, 2.05) is 42.7 Å². The molecule has 0 aliphatic rings. The number of aromatic nitrogens is 3. The summed E-state index contributed by atoms with van der Waals surface area (Å²) in [6, 6.07) is 14.1.